The Morgan fingerprint density at radius 1 is 1.15 bits per heavy atom. The summed E-state index contributed by atoms with van der Waals surface area (Å²) in [6, 6.07) is 16.8. The quantitative estimate of drug-likeness (QED) is 0.727. The average Bonchev–Trinajstić information content (AvgIpc) is 3.06. The summed E-state index contributed by atoms with van der Waals surface area (Å²) >= 11 is 0. The summed E-state index contributed by atoms with van der Waals surface area (Å²) in [6.07, 6.45) is 4.81. The Bertz CT molecular complexity index is 886. The van der Waals surface area contributed by atoms with E-state index in [1.165, 1.54) is 40.6 Å². The van der Waals surface area contributed by atoms with Crippen LogP contribution in [0.25, 0.3) is 22.2 Å². The molecular formula is C22H27N3O. The van der Waals surface area contributed by atoms with Crippen molar-refractivity contribution in [2.45, 2.75) is 31.8 Å². The molecule has 0 spiro atoms. The fourth-order valence-electron chi connectivity index (χ4n) is 4.03. The molecule has 0 amide bonds. The summed E-state index contributed by atoms with van der Waals surface area (Å²) in [5.74, 6) is 0.880. The lowest BCUT2D eigenvalue weighted by atomic mass is 10.0. The summed E-state index contributed by atoms with van der Waals surface area (Å²) in [7, 11) is 1.71. The third-order valence-electron chi connectivity index (χ3n) is 5.49. The van der Waals surface area contributed by atoms with Crippen molar-refractivity contribution in [3.8, 4) is 17.0 Å². The Morgan fingerprint density at radius 2 is 2.04 bits per heavy atom. The lowest BCUT2D eigenvalue weighted by Crippen LogP contribution is -2.46. The first kappa shape index (κ1) is 17.1. The molecular weight excluding hydrogens is 322 g/mol. The number of nitrogens with two attached hydrogens (primary N) is 1. The maximum absolute atomic E-state index is 6.32. The van der Waals surface area contributed by atoms with E-state index < -0.39 is 0 Å². The van der Waals surface area contributed by atoms with Crippen LogP contribution in [0.3, 0.4) is 0 Å². The topological polar surface area (TPSA) is 54.3 Å². The van der Waals surface area contributed by atoms with Gasteiger partial charge in [0.2, 0.25) is 0 Å². The summed E-state index contributed by atoms with van der Waals surface area (Å²) in [5, 5.41) is 1.30. The van der Waals surface area contributed by atoms with Crippen molar-refractivity contribution in [2.75, 3.05) is 20.2 Å². The van der Waals surface area contributed by atoms with Crippen LogP contribution < -0.4 is 10.5 Å². The first-order chi connectivity index (χ1) is 12.8. The van der Waals surface area contributed by atoms with Gasteiger partial charge in [-0.05, 0) is 56.0 Å². The van der Waals surface area contributed by atoms with Crippen molar-refractivity contribution in [3.63, 3.8) is 0 Å². The smallest absolute Gasteiger partial charge is 0.119 e. The lowest BCUT2D eigenvalue weighted by Gasteiger charge is -2.33. The fraction of sp³-hybridized carbons (Fsp3) is 0.364. The fourth-order valence-corrected chi connectivity index (χ4v) is 4.03. The molecule has 26 heavy (non-hydrogen) atoms. The largest absolute Gasteiger partial charge is 0.497 e. The molecule has 4 heteroatoms. The van der Waals surface area contributed by atoms with Gasteiger partial charge in [0.1, 0.15) is 5.75 Å². The second-order valence-electron chi connectivity index (χ2n) is 7.11. The number of nitrogens with one attached hydrogen (secondary N) is 1. The van der Waals surface area contributed by atoms with Crippen molar-refractivity contribution in [1.82, 2.24) is 9.88 Å². The molecule has 136 valence electrons. The summed E-state index contributed by atoms with van der Waals surface area (Å²) in [5.41, 5.74) is 11.2. The first-order valence-corrected chi connectivity index (χ1v) is 9.50. The standard InChI is InChI=1S/C22H27N3O/c1-26-17-8-6-7-16(15-17)22-19(18-9-2-3-10-20(18)24-22)12-14-25-13-5-4-11-21(25)23/h2-3,6-10,15,21,24H,4-5,11-14,23H2,1H3. The SMILES string of the molecule is COc1cccc(-c2[nH]c3ccccc3c2CCN2CCCCC2N)c1. The molecule has 1 unspecified atom stereocenters. The molecule has 0 saturated carbocycles. The minimum atomic E-state index is 0.203. The van der Waals surface area contributed by atoms with Gasteiger partial charge in [-0.1, -0.05) is 30.3 Å². The van der Waals surface area contributed by atoms with Gasteiger partial charge in [-0.3, -0.25) is 4.90 Å². The van der Waals surface area contributed by atoms with E-state index in [2.05, 4.69) is 46.3 Å². The number of aromatic amines is 1. The van der Waals surface area contributed by atoms with E-state index in [0.717, 1.165) is 31.7 Å². The number of aromatic nitrogens is 1. The van der Waals surface area contributed by atoms with Crippen LogP contribution in [-0.2, 0) is 6.42 Å². The van der Waals surface area contributed by atoms with Crippen LogP contribution in [-0.4, -0.2) is 36.2 Å². The number of fused-ring (bicyclic) bond motifs is 1. The molecule has 1 atom stereocenters. The van der Waals surface area contributed by atoms with Crippen molar-refractivity contribution < 1.29 is 4.74 Å². The van der Waals surface area contributed by atoms with Crippen molar-refractivity contribution in [2.24, 2.45) is 5.73 Å². The summed E-state index contributed by atoms with van der Waals surface area (Å²) in [4.78, 5) is 6.06. The number of benzene rings is 2. The molecule has 1 fully saturated rings. The second kappa shape index (κ2) is 7.52. The number of hydrogen-bond acceptors (Lipinski definition) is 3. The molecule has 4 nitrogen and oxygen atoms in total. The van der Waals surface area contributed by atoms with Gasteiger partial charge in [0.25, 0.3) is 0 Å². The number of rotatable bonds is 5. The minimum absolute atomic E-state index is 0.203. The van der Waals surface area contributed by atoms with Crippen LogP contribution >= 0.6 is 0 Å². The highest BCUT2D eigenvalue weighted by Crippen LogP contribution is 2.32. The molecule has 0 aliphatic carbocycles. The van der Waals surface area contributed by atoms with E-state index in [0.29, 0.717) is 0 Å². The number of ether oxygens (including phenoxy) is 1. The molecule has 2 heterocycles. The lowest BCUT2D eigenvalue weighted by molar-refractivity contribution is 0.154. The third kappa shape index (κ3) is 3.35. The van der Waals surface area contributed by atoms with Gasteiger partial charge >= 0.3 is 0 Å². The number of para-hydroxylation sites is 1. The van der Waals surface area contributed by atoms with Gasteiger partial charge in [-0.25, -0.2) is 0 Å². The first-order valence-electron chi connectivity index (χ1n) is 9.50. The molecule has 4 rings (SSSR count). The number of nitrogens with zero attached hydrogens (tertiary/aromatic N) is 1. The molecule has 1 aromatic heterocycles. The third-order valence-corrected chi connectivity index (χ3v) is 5.49. The van der Waals surface area contributed by atoms with Gasteiger partial charge in [-0.15, -0.1) is 0 Å². The molecule has 1 saturated heterocycles. The molecule has 0 bridgehead atoms. The highest BCUT2D eigenvalue weighted by atomic mass is 16.5. The molecule has 3 aromatic rings. The Hall–Kier alpha value is -2.30. The van der Waals surface area contributed by atoms with E-state index in [-0.39, 0.29) is 6.17 Å². The monoisotopic (exact) mass is 349 g/mol. The molecule has 3 N–H and O–H groups in total. The Labute approximate surface area is 155 Å². The molecule has 1 aliphatic heterocycles. The Kier molecular flexibility index (Phi) is 4.96. The minimum Gasteiger partial charge on any atom is -0.497 e. The molecule has 0 radical (unpaired) electrons. The van der Waals surface area contributed by atoms with E-state index in [4.69, 9.17) is 10.5 Å². The van der Waals surface area contributed by atoms with Crippen LogP contribution in [0.2, 0.25) is 0 Å². The van der Waals surface area contributed by atoms with Crippen molar-refractivity contribution in [3.05, 3.63) is 54.1 Å². The van der Waals surface area contributed by atoms with Gasteiger partial charge in [0, 0.05) is 28.7 Å². The second-order valence-corrected chi connectivity index (χ2v) is 7.11. The predicted octanol–water partition coefficient (Wildman–Crippen LogP) is 4.16. The zero-order valence-electron chi connectivity index (χ0n) is 15.4. The zero-order valence-corrected chi connectivity index (χ0v) is 15.4. The van der Waals surface area contributed by atoms with E-state index >= 15 is 0 Å². The van der Waals surface area contributed by atoms with Crippen LogP contribution in [0, 0.1) is 0 Å². The van der Waals surface area contributed by atoms with Gasteiger partial charge < -0.3 is 15.5 Å². The number of methoxy groups -OCH3 is 1. The zero-order chi connectivity index (χ0) is 17.9. The van der Waals surface area contributed by atoms with Crippen LogP contribution in [0.4, 0.5) is 0 Å². The van der Waals surface area contributed by atoms with Crippen molar-refractivity contribution >= 4 is 10.9 Å². The highest BCUT2D eigenvalue weighted by molar-refractivity contribution is 5.91. The Morgan fingerprint density at radius 3 is 2.88 bits per heavy atom. The normalized spacial score (nSPS) is 18.3. The number of hydrogen-bond donors (Lipinski definition) is 2. The summed E-state index contributed by atoms with van der Waals surface area (Å²) < 4.78 is 5.42. The van der Waals surface area contributed by atoms with E-state index in [1.807, 2.05) is 12.1 Å². The van der Waals surface area contributed by atoms with Gasteiger partial charge in [0.05, 0.1) is 13.3 Å². The van der Waals surface area contributed by atoms with E-state index in [1.54, 1.807) is 7.11 Å². The van der Waals surface area contributed by atoms with Crippen LogP contribution in [0.5, 0.6) is 5.75 Å². The maximum atomic E-state index is 6.32. The van der Waals surface area contributed by atoms with Crippen LogP contribution in [0.15, 0.2) is 48.5 Å². The number of likely N-dealkylation sites (tertiary alicyclic amines) is 1. The van der Waals surface area contributed by atoms with Crippen LogP contribution in [0.1, 0.15) is 24.8 Å². The predicted molar refractivity (Wildman–Crippen MR) is 107 cm³/mol. The number of piperidine rings is 1. The van der Waals surface area contributed by atoms with Gasteiger partial charge in [-0.2, -0.15) is 0 Å². The molecule has 1 aliphatic rings. The Balaban J connectivity index is 1.69. The van der Waals surface area contributed by atoms with E-state index in [9.17, 15) is 0 Å². The average molecular weight is 349 g/mol. The highest BCUT2D eigenvalue weighted by Gasteiger charge is 2.20. The molecule has 2 aromatic carbocycles. The van der Waals surface area contributed by atoms with Crippen molar-refractivity contribution in [1.29, 1.82) is 0 Å². The number of H-pyrrole nitrogens is 1. The van der Waals surface area contributed by atoms with Gasteiger partial charge in [0.15, 0.2) is 0 Å². The summed E-state index contributed by atoms with van der Waals surface area (Å²) in [6.45, 7) is 2.11. The maximum Gasteiger partial charge on any atom is 0.119 e.